The van der Waals surface area contributed by atoms with Crippen molar-refractivity contribution in [2.45, 2.75) is 97.6 Å². The molecule has 5 N–H and O–H groups in total. The summed E-state index contributed by atoms with van der Waals surface area (Å²) in [4.78, 5) is 35.8. The molecule has 9 heteroatoms. The van der Waals surface area contributed by atoms with Crippen LogP contribution in [0.2, 0.25) is 0 Å². The van der Waals surface area contributed by atoms with Gasteiger partial charge in [0.05, 0.1) is 6.10 Å². The lowest BCUT2D eigenvalue weighted by atomic mass is 9.95. The monoisotopic (exact) mass is 584 g/mol. The number of nitrogens with one attached hydrogen (secondary N) is 1. The first-order chi connectivity index (χ1) is 19.9. The number of rotatable bonds is 6. The third-order valence-electron chi connectivity index (χ3n) is 6.33. The van der Waals surface area contributed by atoms with Crippen molar-refractivity contribution in [3.8, 4) is 0 Å². The molecule has 0 spiro atoms. The number of amides is 2. The zero-order chi connectivity index (χ0) is 31.5. The zero-order valence-electron chi connectivity index (χ0n) is 25.5. The molecule has 0 saturated carbocycles. The molecule has 2 amide bonds. The number of carbonyl (C=O) groups excluding carboxylic acids is 3. The highest BCUT2D eigenvalue weighted by Gasteiger charge is 2.21. The van der Waals surface area contributed by atoms with E-state index < -0.39 is 36.5 Å². The minimum absolute atomic E-state index is 0.124. The number of hydrogen-bond acceptors (Lipinski definition) is 7. The van der Waals surface area contributed by atoms with Crippen molar-refractivity contribution in [1.29, 1.82) is 0 Å². The fourth-order valence-corrected chi connectivity index (χ4v) is 4.17. The van der Waals surface area contributed by atoms with Gasteiger partial charge in [-0.05, 0) is 65.9 Å². The molecule has 0 aromatic rings. The Kier molecular flexibility index (Phi) is 17.5. The minimum atomic E-state index is -1.11. The average Bonchev–Trinajstić information content (AvgIpc) is 2.89. The van der Waals surface area contributed by atoms with Gasteiger partial charge in [-0.1, -0.05) is 66.2 Å². The molecule has 1 aliphatic rings. The zero-order valence-corrected chi connectivity index (χ0v) is 25.5. The number of nitrogens with two attached hydrogens (primary N) is 1. The van der Waals surface area contributed by atoms with Crippen LogP contribution < -0.4 is 11.1 Å². The predicted octanol–water partition coefficient (Wildman–Crippen LogP) is 5.23. The molecular formula is C33H48N2O7. The van der Waals surface area contributed by atoms with Gasteiger partial charge in [-0.3, -0.25) is 4.79 Å². The van der Waals surface area contributed by atoms with Gasteiger partial charge in [0.25, 0.3) is 0 Å². The Bertz CT molecular complexity index is 1090. The lowest BCUT2D eigenvalue weighted by Gasteiger charge is -2.22. The largest absolute Gasteiger partial charge is 0.458 e. The minimum Gasteiger partial charge on any atom is -0.458 e. The highest BCUT2D eigenvalue weighted by atomic mass is 16.6. The van der Waals surface area contributed by atoms with Gasteiger partial charge in [0.1, 0.15) is 18.3 Å². The highest BCUT2D eigenvalue weighted by Crippen LogP contribution is 2.21. The molecule has 0 aromatic heterocycles. The molecule has 5 atom stereocenters. The Hall–Kier alpha value is -3.69. The molecule has 0 fully saturated rings. The maximum atomic E-state index is 12.6. The van der Waals surface area contributed by atoms with Crippen LogP contribution in [0.15, 0.2) is 83.7 Å². The molecule has 1 aliphatic heterocycles. The Balaban J connectivity index is 3.09. The van der Waals surface area contributed by atoms with Crippen LogP contribution in [0, 0.1) is 5.92 Å². The standard InChI is InChI=1S/C33H48N2O7/c1-23(2)20-31(38)35-19-18-25(4)21-26(5)30-22-24(3)12-8-6-10-14-29(42-33(34)40)28(37)17-16-27(36)13-9-7-11-15-32(39)41-30/h6,8,11-12,15-21,26-30,36-37H,7,9-10,13-14,22H2,1-5H3,(H2,34,40)(H,35,38)/b8-6+,15-11+,17-16?,19-18+,24-12-,25-21+/t26-,27+,28+,29?,30-/m1/s1. The van der Waals surface area contributed by atoms with Crippen molar-refractivity contribution in [2.75, 3.05) is 0 Å². The van der Waals surface area contributed by atoms with E-state index in [0.29, 0.717) is 38.5 Å². The van der Waals surface area contributed by atoms with Crippen LogP contribution in [-0.4, -0.2) is 52.6 Å². The summed E-state index contributed by atoms with van der Waals surface area (Å²) in [5.41, 5.74) is 7.98. The van der Waals surface area contributed by atoms with Crippen LogP contribution in [0.3, 0.4) is 0 Å². The molecule has 1 unspecified atom stereocenters. The smallest absolute Gasteiger partial charge is 0.404 e. The fourth-order valence-electron chi connectivity index (χ4n) is 4.17. The van der Waals surface area contributed by atoms with Crippen LogP contribution in [0.5, 0.6) is 0 Å². The van der Waals surface area contributed by atoms with Crippen molar-refractivity contribution in [2.24, 2.45) is 11.7 Å². The summed E-state index contributed by atoms with van der Waals surface area (Å²) < 4.78 is 10.9. The first-order valence-electron chi connectivity index (χ1n) is 14.4. The number of hydrogen-bond donors (Lipinski definition) is 4. The first-order valence-corrected chi connectivity index (χ1v) is 14.4. The number of ether oxygens (including phenoxy) is 2. The van der Waals surface area contributed by atoms with Gasteiger partial charge in [0, 0.05) is 30.7 Å². The number of aliphatic hydroxyl groups is 2. The molecule has 0 aliphatic carbocycles. The van der Waals surface area contributed by atoms with Crippen molar-refractivity contribution < 1.29 is 34.1 Å². The average molecular weight is 585 g/mol. The van der Waals surface area contributed by atoms with E-state index in [1.165, 1.54) is 24.3 Å². The van der Waals surface area contributed by atoms with E-state index in [4.69, 9.17) is 15.2 Å². The lowest BCUT2D eigenvalue weighted by molar-refractivity contribution is -0.144. The SMILES string of the molecule is CC(C)=CC(=O)N/C=C/C(C)=C/[C@@H](C)[C@H]1C/C(C)=C\C=C\CCC(OC(N)=O)[C@@H](O)C=C[C@@H](O)CCC/C=C/C(=O)O1. The summed E-state index contributed by atoms with van der Waals surface area (Å²) in [6.07, 6.45) is 17.3. The van der Waals surface area contributed by atoms with Crippen LogP contribution in [0.1, 0.15) is 73.1 Å². The van der Waals surface area contributed by atoms with Crippen molar-refractivity contribution >= 4 is 18.0 Å². The van der Waals surface area contributed by atoms with Gasteiger partial charge in [-0.15, -0.1) is 0 Å². The molecule has 0 radical (unpaired) electrons. The van der Waals surface area contributed by atoms with Gasteiger partial charge in [-0.2, -0.15) is 0 Å². The van der Waals surface area contributed by atoms with Crippen molar-refractivity contribution in [3.63, 3.8) is 0 Å². The molecule has 232 valence electrons. The summed E-state index contributed by atoms with van der Waals surface area (Å²) in [5.74, 6) is -0.764. The molecule has 0 bridgehead atoms. The molecular weight excluding hydrogens is 536 g/mol. The van der Waals surface area contributed by atoms with Gasteiger partial charge in [-0.25, -0.2) is 9.59 Å². The molecule has 42 heavy (non-hydrogen) atoms. The second kappa shape index (κ2) is 20.2. The quantitative estimate of drug-likeness (QED) is 0.145. The number of primary amides is 1. The Labute approximate surface area is 250 Å². The van der Waals surface area contributed by atoms with E-state index in [2.05, 4.69) is 5.32 Å². The van der Waals surface area contributed by atoms with E-state index in [1.54, 1.807) is 18.4 Å². The predicted molar refractivity (Wildman–Crippen MR) is 165 cm³/mol. The summed E-state index contributed by atoms with van der Waals surface area (Å²) in [6.45, 7) is 9.54. The van der Waals surface area contributed by atoms with Crippen molar-refractivity contribution in [1.82, 2.24) is 5.32 Å². The maximum absolute atomic E-state index is 12.6. The molecule has 0 aromatic carbocycles. The van der Waals surface area contributed by atoms with E-state index in [1.807, 2.05) is 58.9 Å². The summed E-state index contributed by atoms with van der Waals surface area (Å²) in [6, 6.07) is 0. The van der Waals surface area contributed by atoms with E-state index in [0.717, 1.165) is 16.7 Å². The van der Waals surface area contributed by atoms with Crippen LogP contribution in [0.25, 0.3) is 0 Å². The Morgan fingerprint density at radius 3 is 2.57 bits per heavy atom. The number of esters is 1. The van der Waals surface area contributed by atoms with Gasteiger partial charge in [0.2, 0.25) is 5.91 Å². The van der Waals surface area contributed by atoms with Crippen LogP contribution in [0.4, 0.5) is 4.79 Å². The Morgan fingerprint density at radius 1 is 1.14 bits per heavy atom. The lowest BCUT2D eigenvalue weighted by Crippen LogP contribution is -2.32. The summed E-state index contributed by atoms with van der Waals surface area (Å²) >= 11 is 0. The van der Waals surface area contributed by atoms with Crippen LogP contribution >= 0.6 is 0 Å². The third kappa shape index (κ3) is 17.2. The normalized spacial score (nSPS) is 27.1. The number of cyclic esters (lactones) is 1. The van der Waals surface area contributed by atoms with Crippen LogP contribution in [-0.2, 0) is 19.1 Å². The third-order valence-corrected chi connectivity index (χ3v) is 6.33. The topological polar surface area (TPSA) is 148 Å². The van der Waals surface area contributed by atoms with E-state index in [9.17, 15) is 24.6 Å². The number of carbonyl (C=O) groups is 3. The van der Waals surface area contributed by atoms with Gasteiger partial charge in [0.15, 0.2) is 0 Å². The first kappa shape index (κ1) is 36.3. The summed E-state index contributed by atoms with van der Waals surface area (Å²) in [5, 5.41) is 23.4. The fraction of sp³-hybridized carbons (Fsp3) is 0.485. The van der Waals surface area contributed by atoms with Gasteiger partial charge >= 0.3 is 12.1 Å². The maximum Gasteiger partial charge on any atom is 0.404 e. The molecule has 9 nitrogen and oxygen atoms in total. The Morgan fingerprint density at radius 2 is 1.88 bits per heavy atom. The molecule has 1 rings (SSSR count). The summed E-state index contributed by atoms with van der Waals surface area (Å²) in [7, 11) is 0. The van der Waals surface area contributed by atoms with E-state index >= 15 is 0 Å². The molecule has 1 heterocycles. The number of aliphatic hydroxyl groups excluding tert-OH is 2. The second-order valence-electron chi connectivity index (χ2n) is 10.8. The van der Waals surface area contributed by atoms with Crippen molar-refractivity contribution in [3.05, 3.63) is 83.7 Å². The second-order valence-corrected chi connectivity index (χ2v) is 10.8. The highest BCUT2D eigenvalue weighted by molar-refractivity contribution is 5.88. The molecule has 0 saturated heterocycles. The van der Waals surface area contributed by atoms with Gasteiger partial charge < -0.3 is 30.7 Å². The number of allylic oxidation sites excluding steroid dienone is 7. The van der Waals surface area contributed by atoms with E-state index in [-0.39, 0.29) is 11.8 Å².